The molecule has 0 amide bonds. The van der Waals surface area contributed by atoms with Gasteiger partial charge in [-0.1, -0.05) is 6.07 Å². The number of benzene rings is 1. The Balaban J connectivity index is 2.66. The number of aryl methyl sites for hydroxylation is 1. The minimum absolute atomic E-state index is 0.0894. The van der Waals surface area contributed by atoms with E-state index in [1.807, 2.05) is 25.1 Å². The summed E-state index contributed by atoms with van der Waals surface area (Å²) in [6, 6.07) is 6.71. The quantitative estimate of drug-likeness (QED) is 0.698. The third-order valence-corrected chi connectivity index (χ3v) is 2.70. The van der Waals surface area contributed by atoms with E-state index in [9.17, 15) is 4.79 Å². The van der Waals surface area contributed by atoms with Crippen LogP contribution < -0.4 is 11.3 Å². The predicted octanol–water partition coefficient (Wildman–Crippen LogP) is 0.829. The lowest BCUT2D eigenvalue weighted by molar-refractivity contribution is 0.268. The lowest BCUT2D eigenvalue weighted by Gasteiger charge is -2.10. The van der Waals surface area contributed by atoms with Crippen LogP contribution in [0.2, 0.25) is 0 Å². The number of aromatic nitrogens is 1. The van der Waals surface area contributed by atoms with Crippen molar-refractivity contribution in [2.45, 2.75) is 13.0 Å². The van der Waals surface area contributed by atoms with Crippen LogP contribution in [-0.2, 0) is 0 Å². The molecule has 0 radical (unpaired) electrons. The number of nitrogens with one attached hydrogen (secondary N) is 1. The summed E-state index contributed by atoms with van der Waals surface area (Å²) in [5, 5.41) is 9.95. The second-order valence-electron chi connectivity index (χ2n) is 3.91. The number of aliphatic hydroxyl groups is 1. The molecule has 2 rings (SSSR count). The summed E-state index contributed by atoms with van der Waals surface area (Å²) in [5.74, 6) is 0. The van der Waals surface area contributed by atoms with Crippen molar-refractivity contribution in [3.05, 3.63) is 45.7 Å². The fraction of sp³-hybridized carbons (Fsp3) is 0.250. The molecule has 2 aromatic rings. The van der Waals surface area contributed by atoms with Crippen molar-refractivity contribution in [1.29, 1.82) is 0 Å². The van der Waals surface area contributed by atoms with Crippen molar-refractivity contribution >= 4 is 10.9 Å². The number of hydrogen-bond acceptors (Lipinski definition) is 3. The fourth-order valence-electron chi connectivity index (χ4n) is 1.78. The molecule has 4 heteroatoms. The van der Waals surface area contributed by atoms with Gasteiger partial charge in [-0.05, 0) is 30.2 Å². The number of H-pyrrole nitrogens is 1. The van der Waals surface area contributed by atoms with Gasteiger partial charge in [-0.15, -0.1) is 0 Å². The van der Waals surface area contributed by atoms with Crippen LogP contribution in [0.5, 0.6) is 0 Å². The molecule has 0 spiro atoms. The molecule has 0 aliphatic carbocycles. The Morgan fingerprint density at radius 3 is 2.88 bits per heavy atom. The summed E-state index contributed by atoms with van der Waals surface area (Å²) in [6.45, 7) is 1.79. The molecule has 0 aliphatic heterocycles. The number of aliphatic hydroxyl groups excluding tert-OH is 1. The van der Waals surface area contributed by atoms with E-state index < -0.39 is 0 Å². The minimum Gasteiger partial charge on any atom is -0.394 e. The molecule has 1 unspecified atom stereocenters. The zero-order chi connectivity index (χ0) is 11.7. The van der Waals surface area contributed by atoms with Gasteiger partial charge in [0.05, 0.1) is 12.6 Å². The third kappa shape index (κ3) is 1.85. The molecule has 1 heterocycles. The smallest absolute Gasteiger partial charge is 0.248 e. The van der Waals surface area contributed by atoms with Gasteiger partial charge in [0.15, 0.2) is 0 Å². The van der Waals surface area contributed by atoms with Crippen LogP contribution in [0.25, 0.3) is 10.9 Å². The maximum atomic E-state index is 11.3. The monoisotopic (exact) mass is 218 g/mol. The van der Waals surface area contributed by atoms with E-state index in [1.54, 1.807) is 6.07 Å². The first-order chi connectivity index (χ1) is 7.61. The molecule has 0 saturated carbocycles. The Bertz CT molecular complexity index is 575. The third-order valence-electron chi connectivity index (χ3n) is 2.70. The number of pyridine rings is 1. The van der Waals surface area contributed by atoms with Gasteiger partial charge >= 0.3 is 0 Å². The summed E-state index contributed by atoms with van der Waals surface area (Å²) >= 11 is 0. The summed E-state index contributed by atoms with van der Waals surface area (Å²) in [7, 11) is 0. The van der Waals surface area contributed by atoms with Gasteiger partial charge in [0.25, 0.3) is 0 Å². The van der Waals surface area contributed by atoms with Crippen LogP contribution in [0, 0.1) is 6.92 Å². The largest absolute Gasteiger partial charge is 0.394 e. The van der Waals surface area contributed by atoms with Crippen molar-refractivity contribution < 1.29 is 5.11 Å². The Kier molecular flexibility index (Phi) is 2.77. The van der Waals surface area contributed by atoms with Gasteiger partial charge in [0.1, 0.15) is 0 Å². The molecule has 0 fully saturated rings. The normalized spacial score (nSPS) is 12.9. The number of nitrogens with two attached hydrogens (primary N) is 1. The molecule has 1 atom stereocenters. The maximum absolute atomic E-state index is 11.3. The lowest BCUT2D eigenvalue weighted by Crippen LogP contribution is -2.14. The summed E-state index contributed by atoms with van der Waals surface area (Å²) in [5.41, 5.74) is 8.20. The second-order valence-corrected chi connectivity index (χ2v) is 3.91. The van der Waals surface area contributed by atoms with Crippen LogP contribution in [-0.4, -0.2) is 16.7 Å². The highest BCUT2D eigenvalue weighted by atomic mass is 16.3. The molecule has 0 aliphatic rings. The van der Waals surface area contributed by atoms with Crippen LogP contribution in [0.15, 0.2) is 29.1 Å². The first-order valence-corrected chi connectivity index (χ1v) is 5.12. The zero-order valence-corrected chi connectivity index (χ0v) is 9.03. The van der Waals surface area contributed by atoms with Gasteiger partial charge in [0.2, 0.25) is 5.56 Å². The van der Waals surface area contributed by atoms with Crippen molar-refractivity contribution in [3.63, 3.8) is 0 Å². The number of aromatic amines is 1. The summed E-state index contributed by atoms with van der Waals surface area (Å²) in [4.78, 5) is 14.0. The first kappa shape index (κ1) is 10.9. The Hall–Kier alpha value is -1.65. The van der Waals surface area contributed by atoms with Crippen molar-refractivity contribution in [3.8, 4) is 0 Å². The second kappa shape index (κ2) is 4.08. The van der Waals surface area contributed by atoms with E-state index in [0.717, 1.165) is 22.0 Å². The minimum atomic E-state index is -0.379. The Labute approximate surface area is 92.7 Å². The standard InChI is InChI=1S/C12H14N2O2/c1-7-4-12(16)14-11-3-2-8(5-9(7)11)10(13)6-15/h2-5,10,15H,6,13H2,1H3,(H,14,16). The number of fused-ring (bicyclic) bond motifs is 1. The molecule has 4 nitrogen and oxygen atoms in total. The van der Waals surface area contributed by atoms with E-state index in [-0.39, 0.29) is 18.2 Å². The van der Waals surface area contributed by atoms with Crippen LogP contribution >= 0.6 is 0 Å². The Morgan fingerprint density at radius 2 is 2.19 bits per heavy atom. The van der Waals surface area contributed by atoms with E-state index in [4.69, 9.17) is 10.8 Å². The van der Waals surface area contributed by atoms with Crippen molar-refractivity contribution in [2.75, 3.05) is 6.61 Å². The zero-order valence-electron chi connectivity index (χ0n) is 9.03. The first-order valence-electron chi connectivity index (χ1n) is 5.12. The van der Waals surface area contributed by atoms with E-state index >= 15 is 0 Å². The molecule has 1 aromatic carbocycles. The molecule has 0 bridgehead atoms. The SMILES string of the molecule is Cc1cc(=O)[nH]c2ccc(C(N)CO)cc12. The van der Waals surface area contributed by atoms with Crippen molar-refractivity contribution in [2.24, 2.45) is 5.73 Å². The maximum Gasteiger partial charge on any atom is 0.248 e. The Morgan fingerprint density at radius 1 is 1.44 bits per heavy atom. The molecule has 84 valence electrons. The molecule has 1 aromatic heterocycles. The highest BCUT2D eigenvalue weighted by molar-refractivity contribution is 5.82. The number of rotatable bonds is 2. The van der Waals surface area contributed by atoms with E-state index in [0.29, 0.717) is 0 Å². The predicted molar refractivity (Wildman–Crippen MR) is 63.3 cm³/mol. The van der Waals surface area contributed by atoms with E-state index in [2.05, 4.69) is 4.98 Å². The van der Waals surface area contributed by atoms with Crippen LogP contribution in [0.3, 0.4) is 0 Å². The average molecular weight is 218 g/mol. The van der Waals surface area contributed by atoms with Crippen molar-refractivity contribution in [1.82, 2.24) is 4.98 Å². The van der Waals surface area contributed by atoms with Crippen LogP contribution in [0.1, 0.15) is 17.2 Å². The summed E-state index contributed by atoms with van der Waals surface area (Å²) < 4.78 is 0. The average Bonchev–Trinajstić information content (AvgIpc) is 2.27. The molecule has 0 saturated heterocycles. The van der Waals surface area contributed by atoms with Gasteiger partial charge in [-0.3, -0.25) is 4.79 Å². The van der Waals surface area contributed by atoms with Gasteiger partial charge in [-0.25, -0.2) is 0 Å². The molecule has 16 heavy (non-hydrogen) atoms. The van der Waals surface area contributed by atoms with Gasteiger partial charge < -0.3 is 15.8 Å². The molecular formula is C12H14N2O2. The van der Waals surface area contributed by atoms with Crippen LogP contribution in [0.4, 0.5) is 0 Å². The van der Waals surface area contributed by atoms with Gasteiger partial charge in [-0.2, -0.15) is 0 Å². The highest BCUT2D eigenvalue weighted by Gasteiger charge is 2.06. The van der Waals surface area contributed by atoms with Gasteiger partial charge in [0, 0.05) is 17.0 Å². The highest BCUT2D eigenvalue weighted by Crippen LogP contribution is 2.19. The topological polar surface area (TPSA) is 79.1 Å². The molecule has 4 N–H and O–H groups in total. The summed E-state index contributed by atoms with van der Waals surface area (Å²) in [6.07, 6.45) is 0. The number of hydrogen-bond donors (Lipinski definition) is 3. The lowest BCUT2D eigenvalue weighted by atomic mass is 10.0. The molecular weight excluding hydrogens is 204 g/mol. The van der Waals surface area contributed by atoms with E-state index in [1.165, 1.54) is 0 Å². The fourth-order valence-corrected chi connectivity index (χ4v) is 1.78.